The molecule has 1 aromatic carbocycles. The van der Waals surface area contributed by atoms with Crippen LogP contribution in [0.5, 0.6) is 0 Å². The van der Waals surface area contributed by atoms with Crippen molar-refractivity contribution < 1.29 is 9.53 Å². The fraction of sp³-hybridized carbons (Fsp3) is 0.438. The number of terminal acetylenes is 1. The third-order valence-electron chi connectivity index (χ3n) is 2.59. The molecule has 2 unspecified atom stereocenters. The van der Waals surface area contributed by atoms with Crippen molar-refractivity contribution in [3.05, 3.63) is 35.9 Å². The largest absolute Gasteiger partial charge is 0.444 e. The number of hydrogen-bond donors (Lipinski definition) is 1. The fourth-order valence-corrected chi connectivity index (χ4v) is 1.69. The zero-order chi connectivity index (χ0) is 14.5. The summed E-state index contributed by atoms with van der Waals surface area (Å²) in [6.07, 6.45) is 5.02. The van der Waals surface area contributed by atoms with Crippen LogP contribution in [0.2, 0.25) is 0 Å². The second-order valence-corrected chi connectivity index (χ2v) is 5.49. The van der Waals surface area contributed by atoms with Crippen molar-refractivity contribution in [1.29, 1.82) is 0 Å². The molecule has 19 heavy (non-hydrogen) atoms. The molecule has 0 aliphatic carbocycles. The molecule has 3 heteroatoms. The molecule has 0 aliphatic heterocycles. The van der Waals surface area contributed by atoms with E-state index < -0.39 is 11.7 Å². The average molecular weight is 259 g/mol. The zero-order valence-electron chi connectivity index (χ0n) is 11.9. The van der Waals surface area contributed by atoms with Gasteiger partial charge in [-0.3, -0.25) is 0 Å². The number of rotatable bonds is 3. The summed E-state index contributed by atoms with van der Waals surface area (Å²) in [5, 5.41) is 2.84. The number of nitrogens with one attached hydrogen (secondary N) is 1. The Bertz CT molecular complexity index is 454. The van der Waals surface area contributed by atoms with E-state index in [1.807, 2.05) is 58.0 Å². The molecule has 0 heterocycles. The van der Waals surface area contributed by atoms with Gasteiger partial charge in [-0.1, -0.05) is 30.3 Å². The molecule has 102 valence electrons. The van der Waals surface area contributed by atoms with Crippen LogP contribution in [0, 0.1) is 18.3 Å². The molecule has 1 N–H and O–H groups in total. The minimum absolute atomic E-state index is 0.116. The van der Waals surface area contributed by atoms with E-state index in [0.29, 0.717) is 0 Å². The number of benzene rings is 1. The summed E-state index contributed by atoms with van der Waals surface area (Å²) in [4.78, 5) is 11.9. The van der Waals surface area contributed by atoms with Gasteiger partial charge < -0.3 is 10.1 Å². The van der Waals surface area contributed by atoms with Crippen molar-refractivity contribution in [3.63, 3.8) is 0 Å². The van der Waals surface area contributed by atoms with Gasteiger partial charge in [-0.05, 0) is 33.3 Å². The average Bonchev–Trinajstić information content (AvgIpc) is 2.34. The van der Waals surface area contributed by atoms with Crippen molar-refractivity contribution in [2.24, 2.45) is 5.92 Å². The molecule has 1 rings (SSSR count). The first-order valence-electron chi connectivity index (χ1n) is 6.34. The van der Waals surface area contributed by atoms with E-state index >= 15 is 0 Å². The number of alkyl carbamates (subject to hydrolysis) is 1. The Morgan fingerprint density at radius 3 is 2.37 bits per heavy atom. The van der Waals surface area contributed by atoms with Gasteiger partial charge in [-0.15, -0.1) is 12.3 Å². The summed E-state index contributed by atoms with van der Waals surface area (Å²) in [7, 11) is 0. The molecular weight excluding hydrogens is 238 g/mol. The van der Waals surface area contributed by atoms with Crippen LogP contribution in [-0.2, 0) is 4.74 Å². The van der Waals surface area contributed by atoms with E-state index in [2.05, 4.69) is 11.2 Å². The Kier molecular flexibility index (Phi) is 5.00. The monoisotopic (exact) mass is 259 g/mol. The van der Waals surface area contributed by atoms with Crippen LogP contribution in [0.15, 0.2) is 30.3 Å². The first-order valence-corrected chi connectivity index (χ1v) is 6.34. The maximum atomic E-state index is 11.9. The van der Waals surface area contributed by atoms with E-state index in [1.165, 1.54) is 0 Å². The van der Waals surface area contributed by atoms with Gasteiger partial charge >= 0.3 is 6.09 Å². The van der Waals surface area contributed by atoms with Gasteiger partial charge in [0.1, 0.15) is 5.60 Å². The molecule has 0 aliphatic rings. The van der Waals surface area contributed by atoms with Gasteiger partial charge in [-0.2, -0.15) is 0 Å². The van der Waals surface area contributed by atoms with Gasteiger partial charge in [0, 0.05) is 5.92 Å². The number of hydrogen-bond acceptors (Lipinski definition) is 2. The van der Waals surface area contributed by atoms with Gasteiger partial charge in [0.05, 0.1) is 6.04 Å². The number of ether oxygens (including phenoxy) is 1. The minimum Gasteiger partial charge on any atom is -0.444 e. The molecule has 0 radical (unpaired) electrons. The molecule has 0 saturated heterocycles. The summed E-state index contributed by atoms with van der Waals surface area (Å²) < 4.78 is 5.27. The lowest BCUT2D eigenvalue weighted by atomic mass is 9.95. The highest BCUT2D eigenvalue weighted by Gasteiger charge is 2.23. The topological polar surface area (TPSA) is 38.3 Å². The second kappa shape index (κ2) is 6.29. The van der Waals surface area contributed by atoms with Crippen LogP contribution in [-0.4, -0.2) is 11.7 Å². The molecular formula is C16H21NO2. The summed E-state index contributed by atoms with van der Waals surface area (Å²) in [5.74, 6) is 2.55. The molecule has 0 aromatic heterocycles. The highest BCUT2D eigenvalue weighted by atomic mass is 16.6. The van der Waals surface area contributed by atoms with Gasteiger partial charge in [0.2, 0.25) is 0 Å². The third kappa shape index (κ3) is 5.05. The third-order valence-corrected chi connectivity index (χ3v) is 2.59. The van der Waals surface area contributed by atoms with E-state index in [1.54, 1.807) is 0 Å². The van der Waals surface area contributed by atoms with E-state index in [0.717, 1.165) is 5.56 Å². The SMILES string of the molecule is C#CC(C)C(NC(=O)OC(C)(C)C)c1ccccc1. The van der Waals surface area contributed by atoms with E-state index in [-0.39, 0.29) is 12.0 Å². The Hall–Kier alpha value is -1.95. The van der Waals surface area contributed by atoms with Crippen molar-refractivity contribution in [1.82, 2.24) is 5.32 Å². The Labute approximate surface area is 115 Å². The van der Waals surface area contributed by atoms with E-state index in [9.17, 15) is 4.79 Å². The van der Waals surface area contributed by atoms with Gasteiger partial charge in [-0.25, -0.2) is 4.79 Å². The lowest BCUT2D eigenvalue weighted by Gasteiger charge is -2.25. The Morgan fingerprint density at radius 1 is 1.32 bits per heavy atom. The lowest BCUT2D eigenvalue weighted by molar-refractivity contribution is 0.0494. The van der Waals surface area contributed by atoms with Crippen LogP contribution < -0.4 is 5.32 Å². The molecule has 0 fully saturated rings. The summed E-state index contributed by atoms with van der Waals surface area (Å²) in [5.41, 5.74) is 0.448. The van der Waals surface area contributed by atoms with Crippen LogP contribution in [0.3, 0.4) is 0 Å². The molecule has 3 nitrogen and oxygen atoms in total. The molecule has 2 atom stereocenters. The summed E-state index contributed by atoms with van der Waals surface area (Å²) >= 11 is 0. The Morgan fingerprint density at radius 2 is 1.89 bits per heavy atom. The van der Waals surface area contributed by atoms with Crippen LogP contribution in [0.25, 0.3) is 0 Å². The molecule has 1 aromatic rings. The van der Waals surface area contributed by atoms with Gasteiger partial charge in [0.15, 0.2) is 0 Å². The van der Waals surface area contributed by atoms with Crippen molar-refractivity contribution >= 4 is 6.09 Å². The Balaban J connectivity index is 2.83. The first-order chi connectivity index (χ1) is 8.83. The summed E-state index contributed by atoms with van der Waals surface area (Å²) in [6.45, 7) is 7.38. The maximum absolute atomic E-state index is 11.9. The zero-order valence-corrected chi connectivity index (χ0v) is 11.9. The summed E-state index contributed by atoms with van der Waals surface area (Å²) in [6, 6.07) is 9.39. The minimum atomic E-state index is -0.523. The van der Waals surface area contributed by atoms with Crippen LogP contribution >= 0.6 is 0 Å². The standard InChI is InChI=1S/C16H21NO2/c1-6-12(2)14(13-10-8-7-9-11-13)17-15(18)19-16(3,4)5/h1,7-12,14H,2-5H3,(H,17,18). The fourth-order valence-electron chi connectivity index (χ4n) is 1.69. The first kappa shape index (κ1) is 15.1. The predicted molar refractivity (Wildman–Crippen MR) is 76.5 cm³/mol. The molecule has 0 bridgehead atoms. The van der Waals surface area contributed by atoms with Crippen molar-refractivity contribution in [3.8, 4) is 12.3 Å². The molecule has 1 amide bonds. The second-order valence-electron chi connectivity index (χ2n) is 5.49. The van der Waals surface area contributed by atoms with Crippen LogP contribution in [0.4, 0.5) is 4.79 Å². The maximum Gasteiger partial charge on any atom is 0.408 e. The van der Waals surface area contributed by atoms with Gasteiger partial charge in [0.25, 0.3) is 0 Å². The van der Waals surface area contributed by atoms with Crippen LogP contribution in [0.1, 0.15) is 39.3 Å². The van der Waals surface area contributed by atoms with Crippen molar-refractivity contribution in [2.45, 2.75) is 39.3 Å². The quantitative estimate of drug-likeness (QED) is 0.843. The smallest absolute Gasteiger partial charge is 0.408 e. The predicted octanol–water partition coefficient (Wildman–Crippen LogP) is 3.52. The normalized spacial score (nSPS) is 14.1. The lowest BCUT2D eigenvalue weighted by Crippen LogP contribution is -2.37. The number of carbonyl (C=O) groups excluding carboxylic acids is 1. The molecule has 0 saturated carbocycles. The number of carbonyl (C=O) groups is 1. The highest BCUT2D eigenvalue weighted by Crippen LogP contribution is 2.22. The molecule has 0 spiro atoms. The highest BCUT2D eigenvalue weighted by molar-refractivity contribution is 5.68. The van der Waals surface area contributed by atoms with E-state index in [4.69, 9.17) is 11.2 Å². The van der Waals surface area contributed by atoms with Crippen molar-refractivity contribution in [2.75, 3.05) is 0 Å². The number of amides is 1.